The van der Waals surface area contributed by atoms with Crippen LogP contribution >= 0.6 is 0 Å². The van der Waals surface area contributed by atoms with Gasteiger partial charge in [0.25, 0.3) is 11.5 Å². The Morgan fingerprint density at radius 1 is 0.900 bits per heavy atom. The number of rotatable bonds is 12. The molecule has 1 N–H and O–H groups in total. The van der Waals surface area contributed by atoms with Crippen LogP contribution in [0.1, 0.15) is 41.6 Å². The summed E-state index contributed by atoms with van der Waals surface area (Å²) >= 11 is 0. The van der Waals surface area contributed by atoms with Crippen LogP contribution in [-0.4, -0.2) is 63.7 Å². The van der Waals surface area contributed by atoms with Gasteiger partial charge in [-0.2, -0.15) is 9.78 Å². The van der Waals surface area contributed by atoms with Crippen molar-refractivity contribution in [3.63, 3.8) is 0 Å². The van der Waals surface area contributed by atoms with Crippen LogP contribution in [0.5, 0.6) is 5.75 Å². The molecule has 7 aromatic rings. The maximum absolute atomic E-state index is 15.5. The zero-order chi connectivity index (χ0) is 41.6. The minimum atomic E-state index is -2.46. The Hall–Kier alpha value is -6.21. The van der Waals surface area contributed by atoms with E-state index in [0.717, 1.165) is 33.5 Å². The molecule has 4 heterocycles. The number of aliphatic hydroxyl groups excluding tert-OH is 1. The van der Waals surface area contributed by atoms with Crippen LogP contribution in [0.25, 0.3) is 16.5 Å². The van der Waals surface area contributed by atoms with Crippen LogP contribution in [-0.2, 0) is 28.2 Å². The number of carbonyl (C=O) groups is 1. The van der Waals surface area contributed by atoms with E-state index in [9.17, 15) is 9.90 Å². The monoisotopic (exact) mass is 816 g/mol. The molecular weight excluding hydrogens is 769 g/mol. The van der Waals surface area contributed by atoms with Crippen LogP contribution in [0.15, 0.2) is 145 Å². The quantitative estimate of drug-likeness (QED) is 0.131. The number of aryl methyl sites for hydroxylation is 1. The van der Waals surface area contributed by atoms with Gasteiger partial charge in [-0.3, -0.25) is 14.3 Å². The van der Waals surface area contributed by atoms with Gasteiger partial charge >= 0.3 is 0 Å². The lowest BCUT2D eigenvalue weighted by molar-refractivity contribution is -0.146. The number of fused-ring (bicyclic) bond motifs is 3. The SMILES string of the molecule is COc1ccc([Si](C)(C)[C@@H]2[C@@H](CCn3cc(C(CO)c4ccccc4)nn3)O[C@]3(C(=O)N(Cc4ccccc4)c4ccc(-n5ncc6ccccc6c5=O)cc43)[C@H]2C)cc1. The number of hydrogen-bond donors (Lipinski definition) is 1. The van der Waals surface area contributed by atoms with E-state index in [1.807, 2.05) is 131 Å². The first kappa shape index (κ1) is 39.3. The summed E-state index contributed by atoms with van der Waals surface area (Å²) in [6.45, 7) is 7.65. The minimum Gasteiger partial charge on any atom is -0.497 e. The number of hydrogen-bond acceptors (Lipinski definition) is 8. The van der Waals surface area contributed by atoms with Gasteiger partial charge in [-0.05, 0) is 59.5 Å². The summed E-state index contributed by atoms with van der Waals surface area (Å²) < 4.78 is 16.2. The average Bonchev–Trinajstić information content (AvgIpc) is 3.94. The lowest BCUT2D eigenvalue weighted by Crippen LogP contribution is -2.51. The van der Waals surface area contributed by atoms with E-state index in [1.54, 1.807) is 13.3 Å². The van der Waals surface area contributed by atoms with Crippen molar-refractivity contribution in [3.8, 4) is 11.4 Å². The summed E-state index contributed by atoms with van der Waals surface area (Å²) in [4.78, 5) is 31.3. The van der Waals surface area contributed by atoms with Crippen molar-refractivity contribution in [2.24, 2.45) is 5.92 Å². The number of ether oxygens (including phenoxy) is 2. The largest absolute Gasteiger partial charge is 0.497 e. The second-order valence-corrected chi connectivity index (χ2v) is 21.2. The van der Waals surface area contributed by atoms with Crippen molar-refractivity contribution in [1.29, 1.82) is 0 Å². The zero-order valence-electron chi connectivity index (χ0n) is 34.2. The third-order valence-electron chi connectivity index (χ3n) is 12.9. The van der Waals surface area contributed by atoms with E-state index < -0.39 is 13.7 Å². The number of methoxy groups -OCH3 is 1. The maximum Gasteiger partial charge on any atom is 0.279 e. The highest BCUT2D eigenvalue weighted by molar-refractivity contribution is 6.91. The Bertz CT molecular complexity index is 2720. The van der Waals surface area contributed by atoms with Gasteiger partial charge in [-0.25, -0.2) is 0 Å². The van der Waals surface area contributed by atoms with Crippen molar-refractivity contribution < 1.29 is 19.4 Å². The number of carbonyl (C=O) groups excluding carboxylic acids is 1. The molecule has 9 rings (SSSR count). The van der Waals surface area contributed by atoms with Crippen molar-refractivity contribution in [2.75, 3.05) is 18.6 Å². The predicted octanol–water partition coefficient (Wildman–Crippen LogP) is 6.96. The molecule has 11 nitrogen and oxygen atoms in total. The van der Waals surface area contributed by atoms with Crippen LogP contribution in [0.3, 0.4) is 0 Å². The summed E-state index contributed by atoms with van der Waals surface area (Å²) in [7, 11) is -0.795. The highest BCUT2D eigenvalue weighted by Crippen LogP contribution is 2.60. The van der Waals surface area contributed by atoms with Crippen LogP contribution in [0.4, 0.5) is 5.69 Å². The Balaban J connectivity index is 1.15. The summed E-state index contributed by atoms with van der Waals surface area (Å²) in [5, 5.41) is 26.5. The Labute approximate surface area is 349 Å². The second-order valence-electron chi connectivity index (χ2n) is 16.5. The van der Waals surface area contributed by atoms with Gasteiger partial charge in [-0.1, -0.05) is 121 Å². The average molecular weight is 817 g/mol. The number of anilines is 1. The third-order valence-corrected chi connectivity index (χ3v) is 17.2. The molecule has 0 aliphatic carbocycles. The number of benzene rings is 5. The third kappa shape index (κ3) is 6.64. The molecule has 2 aromatic heterocycles. The van der Waals surface area contributed by atoms with Crippen LogP contribution in [0.2, 0.25) is 18.6 Å². The summed E-state index contributed by atoms with van der Waals surface area (Å²) in [5.74, 6) is 0.0983. The smallest absolute Gasteiger partial charge is 0.279 e. The van der Waals surface area contributed by atoms with E-state index in [2.05, 4.69) is 47.6 Å². The molecular formula is C48H48N6O5Si. The first-order chi connectivity index (χ1) is 29.1. The lowest BCUT2D eigenvalue weighted by Gasteiger charge is -2.37. The second kappa shape index (κ2) is 15.8. The standard InChI is InChI=1S/C48H48N6O5Si/c1-32-45(60(3,4)38-22-20-37(58-2)21-23-38)44(25-26-52-30-42(50-51-52)40(31-55)34-15-9-6-10-16-34)59-48(32)41-27-36(54-46(56)39-18-12-11-17-35(39)28-49-54)19-24-43(41)53(47(48)57)29-33-13-7-5-8-14-33/h5-24,27-28,30,32,40,44-45,55H,25-26,29,31H2,1-4H3/t32-,40?,44+,45-,48+/m0/s1. The van der Waals surface area contributed by atoms with E-state index in [1.165, 1.54) is 9.87 Å². The molecule has 2 aliphatic heterocycles. The van der Waals surface area contributed by atoms with Crippen LogP contribution < -0.4 is 20.4 Å². The molecule has 0 saturated carbocycles. The van der Waals surface area contributed by atoms with Gasteiger partial charge in [0.2, 0.25) is 0 Å². The normalized spacial score (nSPS) is 20.5. The summed E-state index contributed by atoms with van der Waals surface area (Å²) in [6, 6.07) is 41.3. The molecule has 2 aliphatic rings. The summed E-state index contributed by atoms with van der Waals surface area (Å²) in [6.07, 6.45) is 3.82. The van der Waals surface area contributed by atoms with Gasteiger partial charge in [0.05, 0.1) is 69.0 Å². The van der Waals surface area contributed by atoms with Crippen molar-refractivity contribution in [1.82, 2.24) is 24.8 Å². The molecule has 12 heteroatoms. The van der Waals surface area contributed by atoms with Crippen molar-refractivity contribution in [2.45, 2.75) is 62.7 Å². The van der Waals surface area contributed by atoms with Gasteiger partial charge < -0.3 is 19.5 Å². The topological polar surface area (TPSA) is 125 Å². The number of aliphatic hydroxyl groups is 1. The molecule has 304 valence electrons. The molecule has 5 atom stereocenters. The molecule has 5 aromatic carbocycles. The molecule has 0 bridgehead atoms. The van der Waals surface area contributed by atoms with E-state index in [0.29, 0.717) is 36.3 Å². The molecule has 1 fully saturated rings. The fourth-order valence-corrected chi connectivity index (χ4v) is 13.9. The molecule has 1 amide bonds. The first-order valence-electron chi connectivity index (χ1n) is 20.5. The van der Waals surface area contributed by atoms with E-state index >= 15 is 4.79 Å². The van der Waals surface area contributed by atoms with Crippen molar-refractivity contribution in [3.05, 3.63) is 173 Å². The molecule has 0 radical (unpaired) electrons. The van der Waals surface area contributed by atoms with E-state index in [-0.39, 0.29) is 41.6 Å². The Morgan fingerprint density at radius 2 is 1.62 bits per heavy atom. The molecule has 1 spiro atoms. The highest BCUT2D eigenvalue weighted by atomic mass is 28.3. The first-order valence-corrected chi connectivity index (χ1v) is 23.6. The highest BCUT2D eigenvalue weighted by Gasteiger charge is 2.66. The number of amides is 1. The van der Waals surface area contributed by atoms with Gasteiger partial charge in [-0.15, -0.1) is 5.10 Å². The van der Waals surface area contributed by atoms with Crippen molar-refractivity contribution >= 4 is 35.6 Å². The molecule has 1 unspecified atom stereocenters. The molecule has 1 saturated heterocycles. The number of nitrogens with zero attached hydrogens (tertiary/aromatic N) is 6. The van der Waals surface area contributed by atoms with E-state index in [4.69, 9.17) is 9.47 Å². The lowest BCUT2D eigenvalue weighted by atomic mass is 9.82. The Kier molecular flexibility index (Phi) is 10.3. The fourth-order valence-electron chi connectivity index (χ4n) is 9.80. The van der Waals surface area contributed by atoms with Gasteiger partial charge in [0, 0.05) is 29.6 Å². The van der Waals surface area contributed by atoms with Gasteiger partial charge in [0.15, 0.2) is 5.60 Å². The predicted molar refractivity (Wildman–Crippen MR) is 235 cm³/mol. The van der Waals surface area contributed by atoms with Crippen LogP contribution in [0, 0.1) is 5.92 Å². The zero-order valence-corrected chi connectivity index (χ0v) is 35.2. The number of aromatic nitrogens is 5. The Morgan fingerprint density at radius 3 is 2.35 bits per heavy atom. The minimum absolute atomic E-state index is 0.0259. The summed E-state index contributed by atoms with van der Waals surface area (Å²) in [5.41, 5.74) is 3.09. The fraction of sp³-hybridized carbons (Fsp3) is 0.271. The maximum atomic E-state index is 15.5. The molecule has 60 heavy (non-hydrogen) atoms. The van der Waals surface area contributed by atoms with Gasteiger partial charge in [0.1, 0.15) is 5.75 Å².